The molecule has 3 aromatic rings. The molecule has 1 aliphatic heterocycles. The highest BCUT2D eigenvalue weighted by Gasteiger charge is 2.41. The molecule has 0 amide bonds. The molecule has 0 spiro atoms. The van der Waals surface area contributed by atoms with Gasteiger partial charge in [-0.25, -0.2) is 8.78 Å². The predicted octanol–water partition coefficient (Wildman–Crippen LogP) is 4.04. The van der Waals surface area contributed by atoms with Crippen LogP contribution in [0.4, 0.5) is 8.78 Å². The lowest BCUT2D eigenvalue weighted by atomic mass is 9.74. The largest absolute Gasteiger partial charge is 0.424 e. The van der Waals surface area contributed by atoms with E-state index < -0.39 is 5.41 Å². The summed E-state index contributed by atoms with van der Waals surface area (Å²) in [6.07, 6.45) is 1.46. The first kappa shape index (κ1) is 16.8. The Morgan fingerprint density at radius 2 is 1.77 bits per heavy atom. The van der Waals surface area contributed by atoms with E-state index in [0.29, 0.717) is 43.4 Å². The van der Waals surface area contributed by atoms with E-state index in [2.05, 4.69) is 10.2 Å². The second kappa shape index (κ2) is 6.96. The SMILES string of the molecule is Fc1cccc(C2(c3nnc(Cc4ccccc4F)o3)CCOCC2)c1. The lowest BCUT2D eigenvalue weighted by Gasteiger charge is -2.34. The summed E-state index contributed by atoms with van der Waals surface area (Å²) >= 11 is 0. The maximum Gasteiger partial charge on any atom is 0.227 e. The van der Waals surface area contributed by atoms with Crippen molar-refractivity contribution in [1.82, 2.24) is 10.2 Å². The average molecular weight is 356 g/mol. The molecule has 134 valence electrons. The van der Waals surface area contributed by atoms with Gasteiger partial charge in [-0.05, 0) is 42.2 Å². The maximum atomic E-state index is 13.9. The van der Waals surface area contributed by atoms with Crippen molar-refractivity contribution in [3.05, 3.63) is 83.1 Å². The number of nitrogens with zero attached hydrogens (tertiary/aromatic N) is 2. The molecule has 4 rings (SSSR count). The molecule has 0 radical (unpaired) electrons. The predicted molar refractivity (Wildman–Crippen MR) is 90.7 cm³/mol. The summed E-state index contributed by atoms with van der Waals surface area (Å²) in [5.41, 5.74) is 0.706. The van der Waals surface area contributed by atoms with Crippen LogP contribution in [0.25, 0.3) is 0 Å². The van der Waals surface area contributed by atoms with Crippen molar-refractivity contribution in [2.75, 3.05) is 13.2 Å². The first-order chi connectivity index (χ1) is 12.7. The normalized spacial score (nSPS) is 16.5. The third-order valence-electron chi connectivity index (χ3n) is 4.90. The minimum atomic E-state index is -0.583. The molecule has 1 aliphatic rings. The number of hydrogen-bond acceptors (Lipinski definition) is 4. The minimum absolute atomic E-state index is 0.218. The molecular formula is C20H18F2N2O2. The van der Waals surface area contributed by atoms with Crippen molar-refractivity contribution in [2.45, 2.75) is 24.7 Å². The van der Waals surface area contributed by atoms with E-state index in [-0.39, 0.29) is 18.1 Å². The van der Waals surface area contributed by atoms with Crippen LogP contribution in [0, 0.1) is 11.6 Å². The van der Waals surface area contributed by atoms with Crippen molar-refractivity contribution < 1.29 is 17.9 Å². The standard InChI is InChI=1S/C20H18F2N2O2/c21-16-6-3-5-15(13-16)20(8-10-25-11-9-20)19-24-23-18(26-19)12-14-4-1-2-7-17(14)22/h1-7,13H,8-12H2. The van der Waals surface area contributed by atoms with Crippen molar-refractivity contribution in [3.63, 3.8) is 0 Å². The fourth-order valence-electron chi connectivity index (χ4n) is 3.46. The molecule has 1 fully saturated rings. The van der Waals surface area contributed by atoms with Crippen LogP contribution in [0.3, 0.4) is 0 Å². The number of hydrogen-bond donors (Lipinski definition) is 0. The van der Waals surface area contributed by atoms with Crippen LogP contribution in [-0.2, 0) is 16.6 Å². The second-order valence-corrected chi connectivity index (χ2v) is 6.47. The van der Waals surface area contributed by atoms with Gasteiger partial charge in [0.15, 0.2) is 0 Å². The van der Waals surface area contributed by atoms with Gasteiger partial charge in [0.2, 0.25) is 11.8 Å². The molecule has 0 atom stereocenters. The number of halogens is 2. The molecule has 6 heteroatoms. The Morgan fingerprint density at radius 3 is 2.54 bits per heavy atom. The van der Waals surface area contributed by atoms with Gasteiger partial charge in [0.1, 0.15) is 11.6 Å². The Hall–Kier alpha value is -2.60. The lowest BCUT2D eigenvalue weighted by Crippen LogP contribution is -2.35. The highest BCUT2D eigenvalue weighted by molar-refractivity contribution is 5.33. The summed E-state index contributed by atoms with van der Waals surface area (Å²) < 4.78 is 39.1. The van der Waals surface area contributed by atoms with Gasteiger partial charge in [-0.15, -0.1) is 10.2 Å². The summed E-state index contributed by atoms with van der Waals surface area (Å²) in [5, 5.41) is 8.33. The van der Waals surface area contributed by atoms with E-state index >= 15 is 0 Å². The Kier molecular flexibility index (Phi) is 4.51. The number of ether oxygens (including phenoxy) is 1. The van der Waals surface area contributed by atoms with Crippen LogP contribution in [0.1, 0.15) is 35.7 Å². The monoisotopic (exact) mass is 356 g/mol. The Balaban J connectivity index is 1.69. The Bertz CT molecular complexity index is 904. The summed E-state index contributed by atoms with van der Waals surface area (Å²) in [5.74, 6) is 0.155. The van der Waals surface area contributed by atoms with Crippen LogP contribution in [0.5, 0.6) is 0 Å². The van der Waals surface area contributed by atoms with E-state index in [9.17, 15) is 8.78 Å². The molecule has 4 nitrogen and oxygen atoms in total. The molecule has 1 saturated heterocycles. The van der Waals surface area contributed by atoms with Gasteiger partial charge in [0.05, 0.1) is 11.8 Å². The van der Waals surface area contributed by atoms with Gasteiger partial charge >= 0.3 is 0 Å². The van der Waals surface area contributed by atoms with Crippen LogP contribution < -0.4 is 0 Å². The van der Waals surface area contributed by atoms with E-state index in [1.165, 1.54) is 18.2 Å². The first-order valence-corrected chi connectivity index (χ1v) is 8.57. The van der Waals surface area contributed by atoms with Crippen molar-refractivity contribution in [1.29, 1.82) is 0 Å². The summed E-state index contributed by atoms with van der Waals surface area (Å²) in [7, 11) is 0. The lowest BCUT2D eigenvalue weighted by molar-refractivity contribution is 0.0540. The third-order valence-corrected chi connectivity index (χ3v) is 4.90. The molecule has 2 aromatic carbocycles. The molecule has 2 heterocycles. The van der Waals surface area contributed by atoms with Gasteiger partial charge in [0.25, 0.3) is 0 Å². The quantitative estimate of drug-likeness (QED) is 0.708. The first-order valence-electron chi connectivity index (χ1n) is 8.57. The van der Waals surface area contributed by atoms with Gasteiger partial charge in [0, 0.05) is 13.2 Å². The molecule has 1 aromatic heterocycles. The van der Waals surface area contributed by atoms with E-state index in [0.717, 1.165) is 5.56 Å². The van der Waals surface area contributed by atoms with Crippen LogP contribution in [0.2, 0.25) is 0 Å². The average Bonchev–Trinajstić information content (AvgIpc) is 3.13. The number of aromatic nitrogens is 2. The topological polar surface area (TPSA) is 48.2 Å². The summed E-state index contributed by atoms with van der Waals surface area (Å²) in [6.45, 7) is 1.06. The van der Waals surface area contributed by atoms with E-state index in [1.807, 2.05) is 6.07 Å². The highest BCUT2D eigenvalue weighted by Crippen LogP contribution is 2.40. The molecule has 0 saturated carbocycles. The molecule has 0 unspecified atom stereocenters. The third kappa shape index (κ3) is 3.12. The second-order valence-electron chi connectivity index (χ2n) is 6.47. The molecule has 26 heavy (non-hydrogen) atoms. The van der Waals surface area contributed by atoms with Crippen molar-refractivity contribution in [3.8, 4) is 0 Å². The van der Waals surface area contributed by atoms with Crippen LogP contribution in [-0.4, -0.2) is 23.4 Å². The summed E-state index contributed by atoms with van der Waals surface area (Å²) in [4.78, 5) is 0. The zero-order valence-electron chi connectivity index (χ0n) is 14.1. The fourth-order valence-corrected chi connectivity index (χ4v) is 3.46. The Labute approximate surface area is 149 Å². The highest BCUT2D eigenvalue weighted by atomic mass is 19.1. The van der Waals surface area contributed by atoms with Gasteiger partial charge < -0.3 is 9.15 Å². The van der Waals surface area contributed by atoms with Crippen molar-refractivity contribution in [2.24, 2.45) is 0 Å². The number of benzene rings is 2. The fraction of sp³-hybridized carbons (Fsp3) is 0.300. The van der Waals surface area contributed by atoms with Crippen LogP contribution in [0.15, 0.2) is 52.9 Å². The van der Waals surface area contributed by atoms with Crippen molar-refractivity contribution >= 4 is 0 Å². The summed E-state index contributed by atoms with van der Waals surface area (Å²) in [6, 6.07) is 13.0. The smallest absolute Gasteiger partial charge is 0.227 e. The molecule has 0 aliphatic carbocycles. The molecular weight excluding hydrogens is 338 g/mol. The minimum Gasteiger partial charge on any atom is -0.424 e. The van der Waals surface area contributed by atoms with E-state index in [1.54, 1.807) is 24.3 Å². The zero-order chi connectivity index (χ0) is 18.0. The number of rotatable bonds is 4. The van der Waals surface area contributed by atoms with E-state index in [4.69, 9.17) is 9.15 Å². The van der Waals surface area contributed by atoms with Gasteiger partial charge in [-0.3, -0.25) is 0 Å². The molecule has 0 N–H and O–H groups in total. The molecule has 0 bridgehead atoms. The van der Waals surface area contributed by atoms with Gasteiger partial charge in [-0.1, -0.05) is 30.3 Å². The van der Waals surface area contributed by atoms with Gasteiger partial charge in [-0.2, -0.15) is 0 Å². The zero-order valence-corrected chi connectivity index (χ0v) is 14.1. The Morgan fingerprint density at radius 1 is 0.962 bits per heavy atom. The maximum absolute atomic E-state index is 13.9. The van der Waals surface area contributed by atoms with Crippen LogP contribution >= 0.6 is 0 Å².